The molecular weight excluding hydrogens is 158 g/mol. The smallest absolute Gasteiger partial charge is 0.306 e. The van der Waals surface area contributed by atoms with Gasteiger partial charge in [-0.3, -0.25) is 4.79 Å². The van der Waals surface area contributed by atoms with Gasteiger partial charge in [0.25, 0.3) is 0 Å². The van der Waals surface area contributed by atoms with Crippen LogP contribution in [0.4, 0.5) is 0 Å². The van der Waals surface area contributed by atoms with Gasteiger partial charge in [0.1, 0.15) is 0 Å². The lowest BCUT2D eigenvalue weighted by Crippen LogP contribution is -2.08. The van der Waals surface area contributed by atoms with E-state index in [2.05, 4.69) is 0 Å². The Kier molecular flexibility index (Phi) is 4.11. The van der Waals surface area contributed by atoms with Gasteiger partial charge in [0, 0.05) is 17.6 Å². The van der Waals surface area contributed by atoms with E-state index in [9.17, 15) is 4.79 Å². The molecule has 0 aliphatic carbocycles. The molecule has 0 bridgehead atoms. The number of hydrogen-bond donors (Lipinski definition) is 0. The summed E-state index contributed by atoms with van der Waals surface area (Å²) in [5.74, 6) is 0. The van der Waals surface area contributed by atoms with E-state index in [0.717, 1.165) is 10.6 Å². The Labute approximate surface area is 71.5 Å². The molecule has 1 aromatic rings. The van der Waals surface area contributed by atoms with Gasteiger partial charge in [-0.15, -0.1) is 0 Å². The van der Waals surface area contributed by atoms with Crippen molar-refractivity contribution in [2.45, 2.75) is 27.7 Å². The summed E-state index contributed by atoms with van der Waals surface area (Å²) in [4.78, 5) is 12.1. The van der Waals surface area contributed by atoms with Crippen LogP contribution < -0.4 is 4.87 Å². The van der Waals surface area contributed by atoms with E-state index in [0.29, 0.717) is 0 Å². The molecule has 3 heteroatoms. The van der Waals surface area contributed by atoms with E-state index >= 15 is 0 Å². The largest absolute Gasteiger partial charge is 0.307 e. The maximum Gasteiger partial charge on any atom is 0.307 e. The molecule has 64 valence electrons. The minimum absolute atomic E-state index is 0.130. The number of rotatable bonds is 0. The second-order valence-electron chi connectivity index (χ2n) is 2.07. The van der Waals surface area contributed by atoms with Crippen LogP contribution in [-0.4, -0.2) is 4.57 Å². The van der Waals surface area contributed by atoms with Gasteiger partial charge in [-0.1, -0.05) is 25.2 Å². The Hall–Kier alpha value is -0.570. The average Bonchev–Trinajstić information content (AvgIpc) is 2.22. The highest BCUT2D eigenvalue weighted by Crippen LogP contribution is 2.06. The fourth-order valence-corrected chi connectivity index (χ4v) is 1.47. The first-order valence-electron chi connectivity index (χ1n) is 3.76. The third-order valence-corrected chi connectivity index (χ3v) is 2.58. The topological polar surface area (TPSA) is 22.0 Å². The van der Waals surface area contributed by atoms with Gasteiger partial charge in [0.15, 0.2) is 0 Å². The summed E-state index contributed by atoms with van der Waals surface area (Å²) in [6, 6.07) is 0. The van der Waals surface area contributed by atoms with Crippen molar-refractivity contribution in [2.75, 3.05) is 0 Å². The third-order valence-electron chi connectivity index (χ3n) is 1.53. The fraction of sp³-hybridized carbons (Fsp3) is 0.625. The quantitative estimate of drug-likeness (QED) is 0.589. The second kappa shape index (κ2) is 4.34. The van der Waals surface area contributed by atoms with Gasteiger partial charge < -0.3 is 4.57 Å². The van der Waals surface area contributed by atoms with Crippen LogP contribution in [0.2, 0.25) is 0 Å². The summed E-state index contributed by atoms with van der Waals surface area (Å²) in [7, 11) is 1.79. The van der Waals surface area contributed by atoms with Crippen molar-refractivity contribution in [1.29, 1.82) is 0 Å². The first-order valence-corrected chi connectivity index (χ1v) is 4.57. The van der Waals surface area contributed by atoms with Crippen molar-refractivity contribution in [3.8, 4) is 0 Å². The monoisotopic (exact) mass is 173 g/mol. The normalized spacial score (nSPS) is 8.82. The lowest BCUT2D eigenvalue weighted by atomic mass is 10.4. The van der Waals surface area contributed by atoms with Crippen molar-refractivity contribution in [3.05, 3.63) is 20.2 Å². The molecule has 0 spiro atoms. The molecular formula is C8H15NOS. The molecule has 0 amide bonds. The molecule has 0 N–H and O–H groups in total. The van der Waals surface area contributed by atoms with E-state index < -0.39 is 0 Å². The highest BCUT2D eigenvalue weighted by molar-refractivity contribution is 7.09. The van der Waals surface area contributed by atoms with Gasteiger partial charge in [-0.05, 0) is 13.8 Å². The van der Waals surface area contributed by atoms with Crippen LogP contribution in [0, 0.1) is 13.8 Å². The molecule has 0 aliphatic heterocycles. The lowest BCUT2D eigenvalue weighted by Gasteiger charge is -1.90. The summed E-state index contributed by atoms with van der Waals surface area (Å²) in [6.45, 7) is 7.91. The SMILES string of the molecule is CC.Cc1sc(=O)n(C)c1C. The number of thiazole rings is 1. The van der Waals surface area contributed by atoms with Crippen molar-refractivity contribution < 1.29 is 0 Å². The molecule has 0 fully saturated rings. The highest BCUT2D eigenvalue weighted by atomic mass is 32.1. The summed E-state index contributed by atoms with van der Waals surface area (Å²) in [5.41, 5.74) is 1.07. The Morgan fingerprint density at radius 2 is 1.73 bits per heavy atom. The molecule has 0 atom stereocenters. The highest BCUT2D eigenvalue weighted by Gasteiger charge is 2.00. The van der Waals surface area contributed by atoms with Crippen LogP contribution in [0.15, 0.2) is 4.79 Å². The van der Waals surface area contributed by atoms with E-state index in [1.54, 1.807) is 11.6 Å². The van der Waals surface area contributed by atoms with Crippen LogP contribution in [0.25, 0.3) is 0 Å². The Balaban J connectivity index is 0.000000461. The first kappa shape index (κ1) is 10.4. The molecule has 0 unspecified atom stereocenters. The van der Waals surface area contributed by atoms with Crippen LogP contribution in [-0.2, 0) is 7.05 Å². The minimum atomic E-state index is 0.130. The Morgan fingerprint density at radius 3 is 1.82 bits per heavy atom. The number of aromatic nitrogens is 1. The average molecular weight is 173 g/mol. The van der Waals surface area contributed by atoms with Gasteiger partial charge in [-0.2, -0.15) is 0 Å². The van der Waals surface area contributed by atoms with Crippen molar-refractivity contribution >= 4 is 11.3 Å². The van der Waals surface area contributed by atoms with Gasteiger partial charge in [0.05, 0.1) is 0 Å². The molecule has 1 aromatic heterocycles. The maximum absolute atomic E-state index is 10.8. The molecule has 0 aliphatic rings. The van der Waals surface area contributed by atoms with Gasteiger partial charge in [-0.25, -0.2) is 0 Å². The maximum atomic E-state index is 10.8. The Morgan fingerprint density at radius 1 is 1.27 bits per heavy atom. The van der Waals surface area contributed by atoms with Crippen LogP contribution in [0.5, 0.6) is 0 Å². The molecule has 0 saturated carbocycles. The zero-order valence-electron chi connectivity index (χ0n) is 7.76. The molecule has 0 aromatic carbocycles. The second-order valence-corrected chi connectivity index (χ2v) is 3.23. The zero-order valence-corrected chi connectivity index (χ0v) is 8.58. The first-order chi connectivity index (χ1) is 5.13. The summed E-state index contributed by atoms with van der Waals surface area (Å²) in [5, 5.41) is 0. The van der Waals surface area contributed by atoms with Crippen LogP contribution in [0.3, 0.4) is 0 Å². The predicted molar refractivity (Wildman–Crippen MR) is 50.4 cm³/mol. The number of aryl methyl sites for hydroxylation is 1. The Bertz CT molecular complexity index is 272. The lowest BCUT2D eigenvalue weighted by molar-refractivity contribution is 0.848. The summed E-state index contributed by atoms with van der Waals surface area (Å²) in [6.07, 6.45) is 0. The van der Waals surface area contributed by atoms with E-state index in [1.165, 1.54) is 11.3 Å². The predicted octanol–water partition coefficient (Wildman–Crippen LogP) is 2.09. The molecule has 0 radical (unpaired) electrons. The third kappa shape index (κ3) is 2.19. The van der Waals surface area contributed by atoms with Gasteiger partial charge in [0.2, 0.25) is 0 Å². The summed E-state index contributed by atoms with van der Waals surface area (Å²) < 4.78 is 1.67. The molecule has 1 rings (SSSR count). The van der Waals surface area contributed by atoms with E-state index in [-0.39, 0.29) is 4.87 Å². The van der Waals surface area contributed by atoms with Gasteiger partial charge >= 0.3 is 4.87 Å². The minimum Gasteiger partial charge on any atom is -0.306 e. The molecule has 11 heavy (non-hydrogen) atoms. The van der Waals surface area contributed by atoms with E-state index in [1.807, 2.05) is 27.7 Å². The van der Waals surface area contributed by atoms with Crippen LogP contribution >= 0.6 is 11.3 Å². The van der Waals surface area contributed by atoms with E-state index in [4.69, 9.17) is 0 Å². The van der Waals surface area contributed by atoms with Crippen molar-refractivity contribution in [3.63, 3.8) is 0 Å². The summed E-state index contributed by atoms with van der Waals surface area (Å²) >= 11 is 1.30. The molecule has 0 saturated heterocycles. The molecule has 2 nitrogen and oxygen atoms in total. The van der Waals surface area contributed by atoms with Crippen molar-refractivity contribution in [2.24, 2.45) is 7.05 Å². The zero-order chi connectivity index (χ0) is 9.02. The number of hydrogen-bond acceptors (Lipinski definition) is 2. The molecule has 1 heterocycles. The number of nitrogens with zero attached hydrogens (tertiary/aromatic N) is 1. The standard InChI is InChI=1S/C6H9NOS.C2H6/c1-4-5(2)9-6(8)7(4)3;1-2/h1-3H3;1-2H3. The fourth-order valence-electron chi connectivity index (χ4n) is 0.646. The van der Waals surface area contributed by atoms with Crippen molar-refractivity contribution in [1.82, 2.24) is 4.57 Å². The van der Waals surface area contributed by atoms with Crippen LogP contribution in [0.1, 0.15) is 24.4 Å².